The number of hydrogen-bond acceptors (Lipinski definition) is 10. The molecule has 3 fully saturated rings. The fourth-order valence-electron chi connectivity index (χ4n) is 6.90. The van der Waals surface area contributed by atoms with Crippen molar-refractivity contribution in [2.45, 2.75) is 31.3 Å². The van der Waals surface area contributed by atoms with E-state index in [1.54, 1.807) is 11.1 Å². The number of likely N-dealkylation sites (tertiary alicyclic amines) is 1. The largest absolute Gasteiger partial charge is 0.514 e. The molecule has 0 bridgehead atoms. The van der Waals surface area contributed by atoms with Gasteiger partial charge in [-0.15, -0.1) is 0 Å². The molecule has 5 heterocycles. The van der Waals surface area contributed by atoms with Gasteiger partial charge in [0, 0.05) is 36.4 Å². The van der Waals surface area contributed by atoms with Gasteiger partial charge in [-0.3, -0.25) is 14.6 Å². The highest BCUT2D eigenvalue weighted by Gasteiger charge is 2.51. The second-order valence-electron chi connectivity index (χ2n) is 11.8. The number of halogens is 2. The van der Waals surface area contributed by atoms with E-state index in [0.29, 0.717) is 28.0 Å². The van der Waals surface area contributed by atoms with Crippen LogP contribution in [0.25, 0.3) is 22.5 Å². The summed E-state index contributed by atoms with van der Waals surface area (Å²) in [7, 11) is 0. The van der Waals surface area contributed by atoms with Crippen LogP contribution in [-0.4, -0.2) is 94.1 Å². The summed E-state index contributed by atoms with van der Waals surface area (Å²) in [5.74, 6) is -2.80. The van der Waals surface area contributed by atoms with E-state index in [2.05, 4.69) is 0 Å². The van der Waals surface area contributed by atoms with Crippen molar-refractivity contribution in [3.05, 3.63) is 95.2 Å². The first-order valence-corrected chi connectivity index (χ1v) is 15.1. The Kier molecular flexibility index (Phi) is 6.89. The van der Waals surface area contributed by atoms with E-state index in [0.717, 1.165) is 6.07 Å². The Morgan fingerprint density at radius 3 is 2.66 bits per heavy atom. The highest BCUT2D eigenvalue weighted by Crippen LogP contribution is 2.51. The van der Waals surface area contributed by atoms with Gasteiger partial charge in [0.2, 0.25) is 5.91 Å². The van der Waals surface area contributed by atoms with Gasteiger partial charge in [0.25, 0.3) is 5.91 Å². The molecular formula is C33H28F2N4O8. The van der Waals surface area contributed by atoms with Crippen LogP contribution in [0.2, 0.25) is 0 Å². The summed E-state index contributed by atoms with van der Waals surface area (Å²) in [6.07, 6.45) is 0.248. The van der Waals surface area contributed by atoms with Crippen LogP contribution >= 0.6 is 0 Å². The minimum atomic E-state index is -1.49. The van der Waals surface area contributed by atoms with Crippen LogP contribution < -0.4 is 0 Å². The molecule has 0 spiro atoms. The Bertz CT molecular complexity index is 1890. The van der Waals surface area contributed by atoms with Crippen molar-refractivity contribution in [1.29, 1.82) is 0 Å². The molecule has 14 heteroatoms. The van der Waals surface area contributed by atoms with Crippen LogP contribution in [0.4, 0.5) is 13.6 Å². The van der Waals surface area contributed by atoms with Gasteiger partial charge in [0.15, 0.2) is 23.1 Å². The summed E-state index contributed by atoms with van der Waals surface area (Å²) in [6.45, 7) is 2.25. The van der Waals surface area contributed by atoms with Crippen molar-refractivity contribution in [2.75, 3.05) is 32.8 Å². The molecule has 8 rings (SSSR count). The average molecular weight is 647 g/mol. The van der Waals surface area contributed by atoms with E-state index in [1.165, 1.54) is 46.3 Å². The van der Waals surface area contributed by atoms with Crippen molar-refractivity contribution in [3.8, 4) is 22.5 Å². The summed E-state index contributed by atoms with van der Waals surface area (Å²) in [4.78, 5) is 41.7. The lowest BCUT2D eigenvalue weighted by atomic mass is 9.91. The number of aliphatic hydroxyl groups is 1. The first-order valence-electron chi connectivity index (χ1n) is 15.1. The summed E-state index contributed by atoms with van der Waals surface area (Å²) >= 11 is 0. The fraction of sp³-hybridized carbons (Fsp3) is 0.303. The number of hydrogen-bond donors (Lipinski definition) is 1. The number of benzene rings is 2. The maximum Gasteiger partial charge on any atom is 0.514 e. The lowest BCUT2D eigenvalue weighted by Gasteiger charge is -2.55. The highest BCUT2D eigenvalue weighted by atomic mass is 19.2. The lowest BCUT2D eigenvalue weighted by Crippen LogP contribution is -2.68. The van der Waals surface area contributed by atoms with Crippen LogP contribution in [0.1, 0.15) is 24.1 Å². The van der Waals surface area contributed by atoms with E-state index < -0.39 is 48.1 Å². The molecule has 3 unspecified atom stereocenters. The van der Waals surface area contributed by atoms with Crippen LogP contribution in [0, 0.1) is 11.6 Å². The summed E-state index contributed by atoms with van der Waals surface area (Å²) in [5.41, 5.74) is 1.88. The molecular weight excluding hydrogens is 618 g/mol. The Balaban J connectivity index is 1.27. The van der Waals surface area contributed by atoms with Gasteiger partial charge < -0.3 is 33.5 Å². The van der Waals surface area contributed by atoms with Gasteiger partial charge in [-0.25, -0.2) is 13.6 Å². The van der Waals surface area contributed by atoms with Crippen molar-refractivity contribution in [3.63, 3.8) is 0 Å². The summed E-state index contributed by atoms with van der Waals surface area (Å²) in [5, 5.41) is 14.3. The zero-order valence-corrected chi connectivity index (χ0v) is 25.0. The maximum absolute atomic E-state index is 15.9. The summed E-state index contributed by atoms with van der Waals surface area (Å²) < 4.78 is 53.4. The van der Waals surface area contributed by atoms with Crippen LogP contribution in [0.3, 0.4) is 0 Å². The fourth-order valence-corrected chi connectivity index (χ4v) is 6.90. The number of carbonyl (C=O) groups excluding carboxylic acids is 3. The molecule has 3 atom stereocenters. The molecule has 2 aromatic carbocycles. The number of amides is 2. The van der Waals surface area contributed by atoms with Gasteiger partial charge in [-0.2, -0.15) is 5.01 Å². The second-order valence-corrected chi connectivity index (χ2v) is 11.8. The van der Waals surface area contributed by atoms with Crippen molar-refractivity contribution >= 4 is 18.0 Å². The number of aliphatic hydroxyl groups excluding tert-OH is 1. The highest BCUT2D eigenvalue weighted by molar-refractivity contribution is 5.95. The molecule has 12 nitrogen and oxygen atoms in total. The van der Waals surface area contributed by atoms with Gasteiger partial charge in [0.1, 0.15) is 24.1 Å². The van der Waals surface area contributed by atoms with Crippen molar-refractivity contribution < 1.29 is 46.9 Å². The molecule has 1 N–H and O–H groups in total. The topological polar surface area (TPSA) is 125 Å². The van der Waals surface area contributed by atoms with E-state index in [9.17, 15) is 23.9 Å². The molecule has 47 heavy (non-hydrogen) atoms. The molecule has 1 aliphatic carbocycles. The molecule has 242 valence electrons. The number of carbonyl (C=O) groups is 3. The normalized spacial score (nSPS) is 23.6. The second kappa shape index (κ2) is 11.0. The molecule has 1 aromatic heterocycles. The zero-order chi connectivity index (χ0) is 32.6. The number of ether oxygens (including phenoxy) is 3. The number of morpholine rings is 1. The van der Waals surface area contributed by atoms with Gasteiger partial charge in [-0.1, -0.05) is 30.3 Å². The van der Waals surface area contributed by atoms with E-state index >= 15 is 4.39 Å². The van der Waals surface area contributed by atoms with E-state index in [4.69, 9.17) is 18.6 Å². The van der Waals surface area contributed by atoms with Crippen molar-refractivity contribution in [1.82, 2.24) is 19.8 Å². The van der Waals surface area contributed by atoms with Crippen LogP contribution in [0.15, 0.2) is 76.9 Å². The Hall–Kier alpha value is -5.05. The number of fused-ring (bicyclic) bond motifs is 7. The molecule has 2 amide bonds. The van der Waals surface area contributed by atoms with E-state index in [-0.39, 0.29) is 55.8 Å². The number of furan rings is 1. The van der Waals surface area contributed by atoms with Crippen LogP contribution in [-0.2, 0) is 23.8 Å². The predicted octanol–water partition coefficient (Wildman–Crippen LogP) is 3.50. The first kappa shape index (κ1) is 29.4. The third-order valence-corrected chi connectivity index (χ3v) is 9.13. The maximum atomic E-state index is 15.9. The Morgan fingerprint density at radius 2 is 1.85 bits per heavy atom. The lowest BCUT2D eigenvalue weighted by molar-refractivity contribution is -0.190. The Labute approximate surface area is 266 Å². The minimum absolute atomic E-state index is 0.00170. The number of rotatable bonds is 3. The zero-order valence-electron chi connectivity index (χ0n) is 25.0. The summed E-state index contributed by atoms with van der Waals surface area (Å²) in [6, 6.07) is 10.6. The monoisotopic (exact) mass is 646 g/mol. The van der Waals surface area contributed by atoms with Crippen molar-refractivity contribution in [2.24, 2.45) is 0 Å². The third-order valence-electron chi connectivity index (χ3n) is 9.13. The first-order chi connectivity index (χ1) is 22.7. The molecule has 3 aromatic rings. The minimum Gasteiger partial charge on any atom is -0.464 e. The Morgan fingerprint density at radius 1 is 1.04 bits per heavy atom. The van der Waals surface area contributed by atoms with Crippen LogP contribution in [0.5, 0.6) is 0 Å². The third kappa shape index (κ3) is 4.54. The van der Waals surface area contributed by atoms with Gasteiger partial charge >= 0.3 is 6.16 Å². The number of hydrazine groups is 1. The average Bonchev–Trinajstić information content (AvgIpc) is 3.48. The molecule has 5 aliphatic rings. The number of nitrogens with zero attached hydrogens (tertiary/aromatic N) is 4. The molecule has 3 saturated heterocycles. The predicted molar refractivity (Wildman–Crippen MR) is 157 cm³/mol. The van der Waals surface area contributed by atoms with Gasteiger partial charge in [-0.05, 0) is 29.3 Å². The standard InChI is InChI=1S/C33H28F2N4O8/c1-17(40)36-14-18(15-36)46-33(43)47-31-24(41)8-10-38-29(31)32(42)37-11-13-44-16-25(37)39(38)28-19-4-2-3-5-20(19)30-22(9-12-45-30)26-21(28)6-7-23(34)27(26)35/h2-10,12,18,24-25,28,41H,11,13-16H2,1H3. The smallest absolute Gasteiger partial charge is 0.464 e. The quantitative estimate of drug-likeness (QED) is 0.423. The van der Waals surface area contributed by atoms with E-state index in [1.807, 2.05) is 24.3 Å². The van der Waals surface area contributed by atoms with Gasteiger partial charge in [0.05, 0.1) is 38.6 Å². The molecule has 0 saturated carbocycles. The molecule has 0 radical (unpaired) electrons. The molecule has 4 aliphatic heterocycles. The SMILES string of the molecule is CC(=O)N1CC(OC(=O)OC2=C3C(=O)N4CCOCC4N(C4c5ccccc5-c5occc5-c5c4ccc(F)c5F)N3C=CC2O)C1.